The minimum atomic E-state index is -1.55. The quantitative estimate of drug-likeness (QED) is 0.332. The minimum absolute atomic E-state index is 0.0955. The summed E-state index contributed by atoms with van der Waals surface area (Å²) in [6.07, 6.45) is 3.12. The van der Waals surface area contributed by atoms with Crippen molar-refractivity contribution in [3.63, 3.8) is 0 Å². The molecule has 1 aliphatic rings. The van der Waals surface area contributed by atoms with Crippen LogP contribution in [0.2, 0.25) is 0 Å². The van der Waals surface area contributed by atoms with Gasteiger partial charge in [-0.3, -0.25) is 19.2 Å². The molecule has 2 aromatic carbocycles. The van der Waals surface area contributed by atoms with E-state index >= 15 is 0 Å². The van der Waals surface area contributed by atoms with Crippen molar-refractivity contribution in [3.8, 4) is 0 Å². The summed E-state index contributed by atoms with van der Waals surface area (Å²) < 4.78 is 0. The molecule has 38 heavy (non-hydrogen) atoms. The smallest absolute Gasteiger partial charge is 0.253 e. The third kappa shape index (κ3) is 8.55. The van der Waals surface area contributed by atoms with Gasteiger partial charge in [-0.05, 0) is 36.5 Å². The van der Waals surface area contributed by atoms with E-state index in [1.54, 1.807) is 6.08 Å². The van der Waals surface area contributed by atoms with Gasteiger partial charge in [-0.1, -0.05) is 60.7 Å². The zero-order chi connectivity index (χ0) is 27.5. The Hall–Kier alpha value is -3.98. The zero-order valence-corrected chi connectivity index (χ0v) is 21.8. The molecule has 0 aliphatic carbocycles. The number of hydrogen-bond donors (Lipinski definition) is 4. The molecule has 0 radical (unpaired) electrons. The molecule has 4 atom stereocenters. The number of aliphatic hydroxyl groups excluding tert-OH is 1. The van der Waals surface area contributed by atoms with Crippen LogP contribution in [-0.4, -0.2) is 72.5 Å². The molecule has 3 rings (SSSR count). The van der Waals surface area contributed by atoms with Crippen LogP contribution in [0.15, 0.2) is 66.7 Å². The van der Waals surface area contributed by atoms with Gasteiger partial charge in [-0.15, -0.1) is 0 Å². The molecule has 0 spiro atoms. The summed E-state index contributed by atoms with van der Waals surface area (Å²) in [5.41, 5.74) is 1.66. The standard InChI is InChI=1S/C29H36N4O5/c1-33(2)29(38)26(35)23(19-22-14-9-17-30-27(22)36)32-28(37)24(18-21-12-7-4-8-13-21)31-25(34)16-15-20-10-5-3-6-11-20/h3-8,10-13,15-16,22-24,26,35H,9,14,17-19H2,1-2H3,(H,30,36)(H,31,34)(H,32,37)/b16-15+/t22-,23-,24-,26?/m0/s1. The molecule has 1 unspecified atom stereocenters. The second-order valence-corrected chi connectivity index (χ2v) is 9.65. The average Bonchev–Trinajstić information content (AvgIpc) is 2.92. The third-order valence-corrected chi connectivity index (χ3v) is 6.48. The van der Waals surface area contributed by atoms with Gasteiger partial charge in [0, 0.05) is 39.1 Å². The van der Waals surface area contributed by atoms with E-state index in [-0.39, 0.29) is 18.7 Å². The molecule has 9 heteroatoms. The van der Waals surface area contributed by atoms with Gasteiger partial charge in [-0.2, -0.15) is 0 Å². The number of benzene rings is 2. The molecule has 4 amide bonds. The summed E-state index contributed by atoms with van der Waals surface area (Å²) in [5.74, 6) is -2.21. The van der Waals surface area contributed by atoms with E-state index in [2.05, 4.69) is 16.0 Å². The second kappa shape index (κ2) is 14.1. The molecule has 1 heterocycles. The number of carbonyl (C=O) groups excluding carboxylic acids is 4. The molecule has 4 N–H and O–H groups in total. The third-order valence-electron chi connectivity index (χ3n) is 6.48. The van der Waals surface area contributed by atoms with E-state index in [0.717, 1.165) is 17.5 Å². The summed E-state index contributed by atoms with van der Waals surface area (Å²) in [4.78, 5) is 52.5. The van der Waals surface area contributed by atoms with Gasteiger partial charge < -0.3 is 26.0 Å². The maximum absolute atomic E-state index is 13.5. The Morgan fingerprint density at radius 3 is 2.34 bits per heavy atom. The van der Waals surface area contributed by atoms with Gasteiger partial charge in [0.1, 0.15) is 6.04 Å². The number of likely N-dealkylation sites (N-methyl/N-ethyl adjacent to an activating group) is 1. The molecule has 0 aromatic heterocycles. The Morgan fingerprint density at radius 2 is 1.71 bits per heavy atom. The molecule has 1 aliphatic heterocycles. The van der Waals surface area contributed by atoms with Crippen molar-refractivity contribution in [3.05, 3.63) is 77.9 Å². The van der Waals surface area contributed by atoms with Gasteiger partial charge in [0.2, 0.25) is 17.7 Å². The van der Waals surface area contributed by atoms with E-state index in [4.69, 9.17) is 0 Å². The van der Waals surface area contributed by atoms with Crippen LogP contribution < -0.4 is 16.0 Å². The first-order chi connectivity index (χ1) is 18.2. The first-order valence-corrected chi connectivity index (χ1v) is 12.8. The van der Waals surface area contributed by atoms with Gasteiger partial charge in [0.05, 0.1) is 6.04 Å². The zero-order valence-electron chi connectivity index (χ0n) is 21.8. The second-order valence-electron chi connectivity index (χ2n) is 9.65. The lowest BCUT2D eigenvalue weighted by molar-refractivity contribution is -0.141. The normalized spacial score (nSPS) is 17.7. The highest BCUT2D eigenvalue weighted by Gasteiger charge is 2.35. The predicted octanol–water partition coefficient (Wildman–Crippen LogP) is 1.28. The SMILES string of the molecule is CN(C)C(=O)C(O)[C@H](C[C@@H]1CCCNC1=O)NC(=O)[C@H](Cc1ccccc1)NC(=O)/C=C/c1ccccc1. The van der Waals surface area contributed by atoms with Crippen LogP contribution in [0.1, 0.15) is 30.4 Å². The molecule has 9 nitrogen and oxygen atoms in total. The first kappa shape index (κ1) is 28.6. The molecule has 0 bridgehead atoms. The van der Waals surface area contributed by atoms with Crippen LogP contribution in [0.4, 0.5) is 0 Å². The molecule has 2 aromatic rings. The van der Waals surface area contributed by atoms with E-state index in [1.165, 1.54) is 25.1 Å². The Bertz CT molecular complexity index is 1120. The number of piperidine rings is 1. The first-order valence-electron chi connectivity index (χ1n) is 12.8. The molecule has 202 valence electrons. The lowest BCUT2D eigenvalue weighted by Gasteiger charge is -2.31. The Morgan fingerprint density at radius 1 is 1.05 bits per heavy atom. The van der Waals surface area contributed by atoms with Gasteiger partial charge >= 0.3 is 0 Å². The predicted molar refractivity (Wildman–Crippen MR) is 145 cm³/mol. The van der Waals surface area contributed by atoms with Crippen molar-refractivity contribution in [2.75, 3.05) is 20.6 Å². The monoisotopic (exact) mass is 520 g/mol. The number of carbonyl (C=O) groups is 4. The van der Waals surface area contributed by atoms with Crippen LogP contribution in [0.3, 0.4) is 0 Å². The molecular formula is C29H36N4O5. The molecular weight excluding hydrogens is 484 g/mol. The van der Waals surface area contributed by atoms with Crippen LogP contribution >= 0.6 is 0 Å². The summed E-state index contributed by atoms with van der Waals surface area (Å²) in [5, 5.41) is 19.2. The van der Waals surface area contributed by atoms with Crippen molar-refractivity contribution in [1.82, 2.24) is 20.9 Å². The van der Waals surface area contributed by atoms with Gasteiger partial charge in [0.15, 0.2) is 6.10 Å². The highest BCUT2D eigenvalue weighted by Crippen LogP contribution is 2.20. The summed E-state index contributed by atoms with van der Waals surface area (Å²) >= 11 is 0. The number of hydrogen-bond acceptors (Lipinski definition) is 5. The average molecular weight is 521 g/mol. The van der Waals surface area contributed by atoms with Crippen molar-refractivity contribution in [2.45, 2.75) is 43.9 Å². The maximum Gasteiger partial charge on any atom is 0.253 e. The van der Waals surface area contributed by atoms with E-state index in [1.807, 2.05) is 60.7 Å². The number of amides is 4. The van der Waals surface area contributed by atoms with E-state index in [0.29, 0.717) is 13.0 Å². The van der Waals surface area contributed by atoms with Crippen LogP contribution in [0, 0.1) is 5.92 Å². The fourth-order valence-electron chi connectivity index (χ4n) is 4.37. The summed E-state index contributed by atoms with van der Waals surface area (Å²) in [7, 11) is 3.02. The maximum atomic E-state index is 13.5. The lowest BCUT2D eigenvalue weighted by atomic mass is 9.89. The largest absolute Gasteiger partial charge is 0.381 e. The lowest BCUT2D eigenvalue weighted by Crippen LogP contribution is -2.57. The highest BCUT2D eigenvalue weighted by atomic mass is 16.3. The Kier molecular flexibility index (Phi) is 10.6. The van der Waals surface area contributed by atoms with E-state index < -0.39 is 41.8 Å². The van der Waals surface area contributed by atoms with Gasteiger partial charge in [-0.25, -0.2) is 0 Å². The summed E-state index contributed by atoms with van der Waals surface area (Å²) in [6.45, 7) is 0.577. The fraction of sp³-hybridized carbons (Fsp3) is 0.379. The van der Waals surface area contributed by atoms with Crippen LogP contribution in [0.5, 0.6) is 0 Å². The number of aliphatic hydroxyl groups is 1. The van der Waals surface area contributed by atoms with Crippen molar-refractivity contribution < 1.29 is 24.3 Å². The van der Waals surface area contributed by atoms with Crippen molar-refractivity contribution in [2.24, 2.45) is 5.92 Å². The van der Waals surface area contributed by atoms with E-state index in [9.17, 15) is 24.3 Å². The topological polar surface area (TPSA) is 128 Å². The molecule has 1 saturated heterocycles. The van der Waals surface area contributed by atoms with Crippen molar-refractivity contribution in [1.29, 1.82) is 0 Å². The van der Waals surface area contributed by atoms with Crippen LogP contribution in [0.25, 0.3) is 6.08 Å². The summed E-state index contributed by atoms with van der Waals surface area (Å²) in [6, 6.07) is 16.5. The molecule has 1 fully saturated rings. The van der Waals surface area contributed by atoms with Crippen molar-refractivity contribution >= 4 is 29.7 Å². The fourth-order valence-corrected chi connectivity index (χ4v) is 4.37. The Labute approximate surface area is 223 Å². The van der Waals surface area contributed by atoms with Gasteiger partial charge in [0.25, 0.3) is 5.91 Å². The number of nitrogens with zero attached hydrogens (tertiary/aromatic N) is 1. The molecule has 0 saturated carbocycles. The highest BCUT2D eigenvalue weighted by molar-refractivity contribution is 5.96. The number of nitrogens with one attached hydrogen (secondary N) is 3. The van der Waals surface area contributed by atoms with Crippen LogP contribution in [-0.2, 0) is 25.6 Å². The Balaban J connectivity index is 1.79. The number of rotatable bonds is 11. The minimum Gasteiger partial charge on any atom is -0.381 e.